The van der Waals surface area contributed by atoms with Crippen LogP contribution in [0.1, 0.15) is 37.8 Å². The Bertz CT molecular complexity index is 909. The van der Waals surface area contributed by atoms with Crippen LogP contribution in [0.5, 0.6) is 0 Å². The second kappa shape index (κ2) is 9.00. The summed E-state index contributed by atoms with van der Waals surface area (Å²) in [7, 11) is 0. The standard InChI is InChI=1S/C22H24Cl2N4S/c1-15-20(22(29)26-27-13-5-2-6-14-27)25-28(19-8-4-3-7-18(19)24)21(15)16-9-11-17(23)12-10-16/h3-4,7-12,15,21H,2,5-6,13-14H2,1H3,(H,26,29)/t15-,21+/m0/s1. The van der Waals surface area contributed by atoms with E-state index in [1.54, 1.807) is 0 Å². The number of hydrogen-bond acceptors (Lipinski definition) is 4. The third kappa shape index (κ3) is 4.43. The molecule has 0 unspecified atom stereocenters. The van der Waals surface area contributed by atoms with Gasteiger partial charge in [0.1, 0.15) is 10.7 Å². The molecule has 2 heterocycles. The van der Waals surface area contributed by atoms with Gasteiger partial charge in [-0.1, -0.05) is 73.0 Å². The first-order valence-corrected chi connectivity index (χ1v) is 11.1. The quantitative estimate of drug-likeness (QED) is 0.595. The van der Waals surface area contributed by atoms with Gasteiger partial charge in [0.25, 0.3) is 0 Å². The Labute approximate surface area is 187 Å². The minimum absolute atomic E-state index is 0.0109. The first-order valence-electron chi connectivity index (χ1n) is 9.98. The maximum Gasteiger partial charge on any atom is 0.137 e. The lowest BCUT2D eigenvalue weighted by Crippen LogP contribution is -2.47. The average molecular weight is 447 g/mol. The summed E-state index contributed by atoms with van der Waals surface area (Å²) in [6, 6.07) is 15.7. The predicted molar refractivity (Wildman–Crippen MR) is 126 cm³/mol. The van der Waals surface area contributed by atoms with Crippen LogP contribution in [0.4, 0.5) is 5.69 Å². The van der Waals surface area contributed by atoms with Crippen molar-refractivity contribution in [1.82, 2.24) is 10.4 Å². The Morgan fingerprint density at radius 2 is 1.72 bits per heavy atom. The van der Waals surface area contributed by atoms with Crippen molar-refractivity contribution in [2.45, 2.75) is 32.2 Å². The van der Waals surface area contributed by atoms with Gasteiger partial charge in [-0.2, -0.15) is 5.10 Å². The number of nitrogens with one attached hydrogen (secondary N) is 1. The molecule has 0 amide bonds. The second-order valence-electron chi connectivity index (χ2n) is 7.55. The number of hydrazine groups is 1. The molecule has 1 N–H and O–H groups in total. The highest BCUT2D eigenvalue weighted by atomic mass is 35.5. The largest absolute Gasteiger partial charge is 0.308 e. The summed E-state index contributed by atoms with van der Waals surface area (Å²) >= 11 is 18.4. The molecule has 2 aliphatic heterocycles. The van der Waals surface area contributed by atoms with Crippen molar-refractivity contribution in [2.75, 3.05) is 18.1 Å². The monoisotopic (exact) mass is 446 g/mol. The highest BCUT2D eigenvalue weighted by molar-refractivity contribution is 7.82. The number of hydrogen-bond donors (Lipinski definition) is 1. The molecular formula is C22H24Cl2N4S. The summed E-state index contributed by atoms with van der Waals surface area (Å²) < 4.78 is 0. The van der Waals surface area contributed by atoms with E-state index < -0.39 is 0 Å². The molecule has 2 atom stereocenters. The molecule has 1 fully saturated rings. The van der Waals surface area contributed by atoms with E-state index in [2.05, 4.69) is 17.4 Å². The molecule has 0 spiro atoms. The zero-order valence-electron chi connectivity index (χ0n) is 16.3. The van der Waals surface area contributed by atoms with Gasteiger partial charge in [-0.05, 0) is 42.7 Å². The zero-order valence-corrected chi connectivity index (χ0v) is 18.6. The third-order valence-corrected chi connectivity index (χ3v) is 6.42. The van der Waals surface area contributed by atoms with E-state index in [4.69, 9.17) is 40.5 Å². The van der Waals surface area contributed by atoms with Crippen LogP contribution in [-0.4, -0.2) is 28.8 Å². The van der Waals surface area contributed by atoms with Crippen LogP contribution in [0.15, 0.2) is 53.6 Å². The number of para-hydroxylation sites is 1. The summed E-state index contributed by atoms with van der Waals surface area (Å²) in [5, 5.41) is 10.5. The molecular weight excluding hydrogens is 423 g/mol. The van der Waals surface area contributed by atoms with E-state index in [0.717, 1.165) is 30.1 Å². The van der Waals surface area contributed by atoms with Gasteiger partial charge < -0.3 is 5.43 Å². The Kier molecular flexibility index (Phi) is 6.40. The van der Waals surface area contributed by atoms with Gasteiger partial charge in [0, 0.05) is 24.0 Å². The number of rotatable bonds is 4. The van der Waals surface area contributed by atoms with Gasteiger partial charge in [0.2, 0.25) is 0 Å². The van der Waals surface area contributed by atoms with E-state index in [-0.39, 0.29) is 12.0 Å². The van der Waals surface area contributed by atoms with Crippen LogP contribution >= 0.6 is 35.4 Å². The second-order valence-corrected chi connectivity index (χ2v) is 8.81. The first-order chi connectivity index (χ1) is 14.0. The summed E-state index contributed by atoms with van der Waals surface area (Å²) in [4.78, 5) is 0.688. The van der Waals surface area contributed by atoms with E-state index in [1.807, 2.05) is 53.5 Å². The number of thiocarbonyl (C=S) groups is 1. The van der Waals surface area contributed by atoms with Crippen molar-refractivity contribution in [3.63, 3.8) is 0 Å². The topological polar surface area (TPSA) is 30.9 Å². The minimum Gasteiger partial charge on any atom is -0.308 e. The fraction of sp³-hybridized carbons (Fsp3) is 0.364. The minimum atomic E-state index is -0.0109. The number of benzene rings is 2. The van der Waals surface area contributed by atoms with Gasteiger partial charge in [-0.25, -0.2) is 5.01 Å². The fourth-order valence-corrected chi connectivity index (χ4v) is 4.72. The molecule has 2 aromatic rings. The number of nitrogens with zero attached hydrogens (tertiary/aromatic N) is 3. The van der Waals surface area contributed by atoms with E-state index in [9.17, 15) is 0 Å². The maximum atomic E-state index is 6.52. The molecule has 0 aromatic heterocycles. The van der Waals surface area contributed by atoms with E-state index in [0.29, 0.717) is 15.0 Å². The van der Waals surface area contributed by atoms with Crippen molar-refractivity contribution < 1.29 is 0 Å². The van der Waals surface area contributed by atoms with Crippen molar-refractivity contribution in [1.29, 1.82) is 0 Å². The van der Waals surface area contributed by atoms with Crippen molar-refractivity contribution in [2.24, 2.45) is 11.0 Å². The first kappa shape index (κ1) is 20.6. The Balaban J connectivity index is 1.66. The summed E-state index contributed by atoms with van der Waals surface area (Å²) in [6.07, 6.45) is 3.66. The lowest BCUT2D eigenvalue weighted by molar-refractivity contribution is 0.197. The lowest BCUT2D eigenvalue weighted by Gasteiger charge is -2.29. The number of anilines is 1. The molecule has 0 aliphatic carbocycles. The Morgan fingerprint density at radius 3 is 2.41 bits per heavy atom. The van der Waals surface area contributed by atoms with Crippen LogP contribution in [0.2, 0.25) is 10.0 Å². The fourth-order valence-electron chi connectivity index (χ4n) is 4.02. The van der Waals surface area contributed by atoms with Crippen LogP contribution in [0, 0.1) is 5.92 Å². The molecule has 29 heavy (non-hydrogen) atoms. The average Bonchev–Trinajstić information content (AvgIpc) is 3.07. The van der Waals surface area contributed by atoms with Crippen LogP contribution < -0.4 is 10.4 Å². The molecule has 0 bridgehead atoms. The van der Waals surface area contributed by atoms with E-state index in [1.165, 1.54) is 19.3 Å². The molecule has 2 aromatic carbocycles. The molecule has 0 saturated carbocycles. The molecule has 0 radical (unpaired) electrons. The molecule has 2 aliphatic rings. The van der Waals surface area contributed by atoms with Crippen LogP contribution in [0.3, 0.4) is 0 Å². The molecule has 4 nitrogen and oxygen atoms in total. The normalized spacial score (nSPS) is 22.4. The summed E-state index contributed by atoms with van der Waals surface area (Å²) in [6.45, 7) is 4.19. The Morgan fingerprint density at radius 1 is 1.03 bits per heavy atom. The summed E-state index contributed by atoms with van der Waals surface area (Å²) in [5.41, 5.74) is 6.29. The molecule has 152 valence electrons. The zero-order chi connectivity index (χ0) is 20.4. The smallest absolute Gasteiger partial charge is 0.137 e. The highest BCUT2D eigenvalue weighted by Crippen LogP contribution is 2.41. The van der Waals surface area contributed by atoms with Gasteiger partial charge in [-0.3, -0.25) is 5.01 Å². The van der Waals surface area contributed by atoms with Crippen LogP contribution in [0.25, 0.3) is 0 Å². The van der Waals surface area contributed by atoms with Crippen molar-refractivity contribution >= 4 is 51.8 Å². The van der Waals surface area contributed by atoms with Crippen molar-refractivity contribution in [3.8, 4) is 0 Å². The van der Waals surface area contributed by atoms with Gasteiger partial charge >= 0.3 is 0 Å². The maximum absolute atomic E-state index is 6.52. The number of hydrazone groups is 1. The SMILES string of the molecule is C[C@H]1C(C(=S)NN2CCCCC2)=NN(c2ccccc2Cl)[C@H]1c1ccc(Cl)cc1. The Hall–Kier alpha value is -1.66. The van der Waals surface area contributed by atoms with Gasteiger partial charge in [0.05, 0.1) is 16.8 Å². The third-order valence-electron chi connectivity index (χ3n) is 5.54. The predicted octanol–water partition coefficient (Wildman–Crippen LogP) is 5.86. The lowest BCUT2D eigenvalue weighted by atomic mass is 9.91. The van der Waals surface area contributed by atoms with Crippen LogP contribution in [-0.2, 0) is 0 Å². The highest BCUT2D eigenvalue weighted by Gasteiger charge is 2.39. The molecule has 1 saturated heterocycles. The van der Waals surface area contributed by atoms with Crippen molar-refractivity contribution in [3.05, 3.63) is 64.1 Å². The molecule has 7 heteroatoms. The number of halogens is 2. The summed E-state index contributed by atoms with van der Waals surface area (Å²) in [5.74, 6) is 0.0947. The van der Waals surface area contributed by atoms with E-state index >= 15 is 0 Å². The van der Waals surface area contributed by atoms with Gasteiger partial charge in [-0.15, -0.1) is 0 Å². The number of piperidine rings is 1. The molecule has 4 rings (SSSR count). The van der Waals surface area contributed by atoms with Gasteiger partial charge in [0.15, 0.2) is 0 Å².